The number of benzene rings is 1. The zero-order valence-electron chi connectivity index (χ0n) is 7.64. The number of hydrogen-bond donors (Lipinski definition) is 1. The summed E-state index contributed by atoms with van der Waals surface area (Å²) in [6.07, 6.45) is -0.737. The number of halogens is 1. The minimum absolute atomic E-state index is 0.0630. The molecule has 1 heterocycles. The summed E-state index contributed by atoms with van der Waals surface area (Å²) in [4.78, 5) is 4.23. The van der Waals surface area contributed by atoms with E-state index in [0.717, 1.165) is 10.2 Å². The van der Waals surface area contributed by atoms with Gasteiger partial charge < -0.3 is 5.11 Å². The fourth-order valence-electron chi connectivity index (χ4n) is 1.23. The predicted molar refractivity (Wildman–Crippen MR) is 59.8 cm³/mol. The highest BCUT2D eigenvalue weighted by Gasteiger charge is 2.12. The average molecular weight is 239 g/mol. The van der Waals surface area contributed by atoms with Gasteiger partial charge in [0.1, 0.15) is 11.1 Å². The number of nitriles is 1. The molecule has 0 spiro atoms. The summed E-state index contributed by atoms with van der Waals surface area (Å²) < 4.78 is 0.925. The molecule has 0 aliphatic rings. The van der Waals surface area contributed by atoms with Crippen LogP contribution in [0.4, 0.5) is 0 Å². The Morgan fingerprint density at radius 3 is 3.13 bits per heavy atom. The Balaban J connectivity index is 2.43. The normalized spacial score (nSPS) is 12.6. The van der Waals surface area contributed by atoms with E-state index in [-0.39, 0.29) is 6.42 Å². The van der Waals surface area contributed by atoms with Gasteiger partial charge in [-0.1, -0.05) is 11.6 Å². The zero-order valence-corrected chi connectivity index (χ0v) is 9.22. The molecule has 1 unspecified atom stereocenters. The quantitative estimate of drug-likeness (QED) is 0.875. The van der Waals surface area contributed by atoms with E-state index >= 15 is 0 Å². The first-order valence-electron chi connectivity index (χ1n) is 4.31. The summed E-state index contributed by atoms with van der Waals surface area (Å²) in [6.45, 7) is 0. The van der Waals surface area contributed by atoms with Crippen molar-refractivity contribution in [1.82, 2.24) is 4.98 Å². The molecule has 2 rings (SSSR count). The van der Waals surface area contributed by atoms with Crippen molar-refractivity contribution in [2.24, 2.45) is 0 Å². The summed E-state index contributed by atoms with van der Waals surface area (Å²) >= 11 is 7.20. The van der Waals surface area contributed by atoms with Crippen molar-refractivity contribution in [3.05, 3.63) is 28.2 Å². The summed E-state index contributed by atoms with van der Waals surface area (Å²) in [5.74, 6) is 0. The Morgan fingerprint density at radius 1 is 1.60 bits per heavy atom. The van der Waals surface area contributed by atoms with Crippen molar-refractivity contribution in [1.29, 1.82) is 5.26 Å². The lowest BCUT2D eigenvalue weighted by molar-refractivity contribution is 0.183. The lowest BCUT2D eigenvalue weighted by atomic mass is 10.3. The highest BCUT2D eigenvalue weighted by molar-refractivity contribution is 7.18. The third-order valence-electron chi connectivity index (χ3n) is 1.94. The fourth-order valence-corrected chi connectivity index (χ4v) is 2.46. The van der Waals surface area contributed by atoms with Crippen molar-refractivity contribution < 1.29 is 5.11 Å². The molecule has 0 saturated carbocycles. The van der Waals surface area contributed by atoms with Gasteiger partial charge in [-0.25, -0.2) is 4.98 Å². The van der Waals surface area contributed by atoms with E-state index in [0.29, 0.717) is 10.0 Å². The molecule has 1 aromatic carbocycles. The van der Waals surface area contributed by atoms with Crippen LogP contribution in [0.1, 0.15) is 17.5 Å². The Bertz CT molecular complexity index is 532. The standard InChI is InChI=1S/C10H7ClN2OS/c11-6-1-2-7-9(5-6)15-10(13-7)8(14)3-4-12/h1-2,5,8,14H,3H2. The number of fused-ring (bicyclic) bond motifs is 1. The van der Waals surface area contributed by atoms with Gasteiger partial charge in [0.2, 0.25) is 0 Å². The molecule has 5 heteroatoms. The Labute approximate surface area is 95.6 Å². The minimum Gasteiger partial charge on any atom is -0.385 e. The van der Waals surface area contributed by atoms with E-state index in [1.54, 1.807) is 18.2 Å². The van der Waals surface area contributed by atoms with Crippen LogP contribution in [-0.2, 0) is 0 Å². The van der Waals surface area contributed by atoms with Gasteiger partial charge in [0, 0.05) is 5.02 Å². The number of rotatable bonds is 2. The maximum Gasteiger partial charge on any atom is 0.124 e. The number of aromatic nitrogens is 1. The van der Waals surface area contributed by atoms with Crippen molar-refractivity contribution in [2.75, 3.05) is 0 Å². The van der Waals surface area contributed by atoms with Gasteiger partial charge in [0.15, 0.2) is 0 Å². The topological polar surface area (TPSA) is 56.9 Å². The van der Waals surface area contributed by atoms with Gasteiger partial charge in [0.25, 0.3) is 0 Å². The van der Waals surface area contributed by atoms with Crippen LogP contribution in [0.2, 0.25) is 5.02 Å². The lowest BCUT2D eigenvalue weighted by Crippen LogP contribution is -1.93. The van der Waals surface area contributed by atoms with E-state index < -0.39 is 6.10 Å². The molecule has 0 aliphatic heterocycles. The molecule has 0 radical (unpaired) electrons. The molecular formula is C10H7ClN2OS. The molecule has 0 bridgehead atoms. The smallest absolute Gasteiger partial charge is 0.124 e. The summed E-state index contributed by atoms with van der Waals surface area (Å²) in [6, 6.07) is 7.27. The summed E-state index contributed by atoms with van der Waals surface area (Å²) in [5.41, 5.74) is 0.802. The lowest BCUT2D eigenvalue weighted by Gasteiger charge is -1.98. The highest BCUT2D eigenvalue weighted by atomic mass is 35.5. The van der Waals surface area contributed by atoms with Crippen LogP contribution in [0.5, 0.6) is 0 Å². The maximum absolute atomic E-state index is 9.58. The maximum atomic E-state index is 9.58. The predicted octanol–water partition coefficient (Wildman–Crippen LogP) is 2.90. The number of nitrogens with zero attached hydrogens (tertiary/aromatic N) is 2. The van der Waals surface area contributed by atoms with Crippen molar-refractivity contribution in [2.45, 2.75) is 12.5 Å². The third-order valence-corrected chi connectivity index (χ3v) is 3.29. The van der Waals surface area contributed by atoms with Crippen LogP contribution >= 0.6 is 22.9 Å². The number of aliphatic hydroxyl groups is 1. The molecule has 0 fully saturated rings. The summed E-state index contributed by atoms with van der Waals surface area (Å²) in [7, 11) is 0. The van der Waals surface area contributed by atoms with E-state index in [2.05, 4.69) is 4.98 Å². The molecule has 76 valence electrons. The first-order chi connectivity index (χ1) is 7.20. The molecule has 0 aliphatic carbocycles. The molecule has 0 amide bonds. The molecule has 3 nitrogen and oxygen atoms in total. The molecule has 1 N–H and O–H groups in total. The van der Waals surface area contributed by atoms with Crippen LogP contribution < -0.4 is 0 Å². The number of hydrogen-bond acceptors (Lipinski definition) is 4. The second-order valence-corrected chi connectivity index (χ2v) is 4.54. The number of aliphatic hydroxyl groups excluding tert-OH is 1. The van der Waals surface area contributed by atoms with Crippen molar-refractivity contribution in [3.63, 3.8) is 0 Å². The van der Waals surface area contributed by atoms with Gasteiger partial charge in [-0.2, -0.15) is 5.26 Å². The first-order valence-corrected chi connectivity index (χ1v) is 5.51. The van der Waals surface area contributed by atoms with E-state index in [4.69, 9.17) is 16.9 Å². The Morgan fingerprint density at radius 2 is 2.40 bits per heavy atom. The molecule has 2 aromatic rings. The van der Waals surface area contributed by atoms with Gasteiger partial charge in [-0.15, -0.1) is 11.3 Å². The molecule has 0 saturated heterocycles. The first kappa shape index (κ1) is 10.4. The van der Waals surface area contributed by atoms with E-state index in [1.165, 1.54) is 11.3 Å². The minimum atomic E-state index is -0.800. The van der Waals surface area contributed by atoms with Crippen LogP contribution in [0.15, 0.2) is 18.2 Å². The van der Waals surface area contributed by atoms with Crippen LogP contribution in [-0.4, -0.2) is 10.1 Å². The SMILES string of the molecule is N#CCC(O)c1nc2ccc(Cl)cc2s1. The third kappa shape index (κ3) is 2.10. The second-order valence-electron chi connectivity index (χ2n) is 3.04. The van der Waals surface area contributed by atoms with Crippen LogP contribution in [0.25, 0.3) is 10.2 Å². The molecule has 1 aromatic heterocycles. The Kier molecular flexibility index (Phi) is 2.87. The van der Waals surface area contributed by atoms with E-state index in [9.17, 15) is 5.11 Å². The van der Waals surface area contributed by atoms with Crippen LogP contribution in [0, 0.1) is 11.3 Å². The van der Waals surface area contributed by atoms with Gasteiger partial charge >= 0.3 is 0 Å². The van der Waals surface area contributed by atoms with Gasteiger partial charge in [-0.3, -0.25) is 0 Å². The second kappa shape index (κ2) is 4.15. The Hall–Kier alpha value is -1.15. The van der Waals surface area contributed by atoms with Gasteiger partial charge in [0.05, 0.1) is 22.7 Å². The van der Waals surface area contributed by atoms with Crippen molar-refractivity contribution in [3.8, 4) is 6.07 Å². The molecule has 15 heavy (non-hydrogen) atoms. The largest absolute Gasteiger partial charge is 0.385 e. The average Bonchev–Trinajstić information content (AvgIpc) is 2.60. The van der Waals surface area contributed by atoms with Gasteiger partial charge in [-0.05, 0) is 18.2 Å². The summed E-state index contributed by atoms with van der Waals surface area (Å²) in [5, 5.41) is 19.3. The zero-order chi connectivity index (χ0) is 10.8. The van der Waals surface area contributed by atoms with Crippen LogP contribution in [0.3, 0.4) is 0 Å². The van der Waals surface area contributed by atoms with Crippen molar-refractivity contribution >= 4 is 33.2 Å². The fraction of sp³-hybridized carbons (Fsp3) is 0.200. The monoisotopic (exact) mass is 238 g/mol. The number of thiazole rings is 1. The van der Waals surface area contributed by atoms with E-state index in [1.807, 2.05) is 6.07 Å². The molecule has 1 atom stereocenters. The molecular weight excluding hydrogens is 232 g/mol. The highest BCUT2D eigenvalue weighted by Crippen LogP contribution is 2.29.